The topological polar surface area (TPSA) is 137 Å². The number of carbonyl (C=O) groups excluding carboxylic acids is 1. The molecule has 2 aromatic heterocycles. The molecule has 138 valence electrons. The molecule has 27 heavy (non-hydrogen) atoms. The molecule has 3 rings (SSSR count). The minimum Gasteiger partial charge on any atom is -0.378 e. The normalized spacial score (nSPS) is 11.7. The Labute approximate surface area is 154 Å². The average molecular weight is 366 g/mol. The molecule has 1 amide bonds. The number of nitrogen functional groups attached to an aromatic ring is 1. The molecule has 0 bridgehead atoms. The van der Waals surface area contributed by atoms with E-state index in [-0.39, 0.29) is 23.2 Å². The number of hydrogen-bond donors (Lipinski definition) is 2. The third kappa shape index (κ3) is 4.06. The molecular formula is C17H18N8O2. The molecule has 1 aromatic carbocycles. The average Bonchev–Trinajstić information content (AvgIpc) is 3.28. The number of nitrogens with zero attached hydrogens (tertiary/aromatic N) is 6. The van der Waals surface area contributed by atoms with Crippen LogP contribution in [0.25, 0.3) is 11.9 Å². The lowest BCUT2D eigenvalue weighted by molar-refractivity contribution is 0.0948. The van der Waals surface area contributed by atoms with E-state index < -0.39 is 5.91 Å². The van der Waals surface area contributed by atoms with Gasteiger partial charge in [0.2, 0.25) is 11.6 Å². The van der Waals surface area contributed by atoms with Gasteiger partial charge in [0.1, 0.15) is 0 Å². The summed E-state index contributed by atoms with van der Waals surface area (Å²) >= 11 is 0. The van der Waals surface area contributed by atoms with E-state index in [4.69, 9.17) is 5.73 Å². The maximum atomic E-state index is 12.4. The highest BCUT2D eigenvalue weighted by atomic mass is 16.6. The van der Waals surface area contributed by atoms with Crippen LogP contribution in [0.15, 0.2) is 46.1 Å². The third-order valence-corrected chi connectivity index (χ3v) is 3.58. The van der Waals surface area contributed by atoms with Crippen molar-refractivity contribution in [1.82, 2.24) is 30.7 Å². The Kier molecular flexibility index (Phi) is 5.36. The second-order valence-electron chi connectivity index (χ2n) is 5.85. The number of amides is 1. The summed E-state index contributed by atoms with van der Waals surface area (Å²) in [6.45, 7) is 3.78. The monoisotopic (exact) mass is 366 g/mol. The van der Waals surface area contributed by atoms with Crippen LogP contribution in [-0.2, 0) is 0 Å². The Bertz CT molecular complexity index is 972. The largest absolute Gasteiger partial charge is 0.378 e. The summed E-state index contributed by atoms with van der Waals surface area (Å²) in [4.78, 5) is 12.4. The van der Waals surface area contributed by atoms with Crippen LogP contribution in [0, 0.1) is 0 Å². The second-order valence-corrected chi connectivity index (χ2v) is 5.85. The number of benzene rings is 1. The van der Waals surface area contributed by atoms with Gasteiger partial charge in [0.05, 0.1) is 5.69 Å². The van der Waals surface area contributed by atoms with E-state index in [1.807, 2.05) is 50.3 Å². The van der Waals surface area contributed by atoms with Crippen molar-refractivity contribution in [3.63, 3.8) is 0 Å². The summed E-state index contributed by atoms with van der Waals surface area (Å²) in [5.41, 5.74) is 9.79. The van der Waals surface area contributed by atoms with E-state index in [0.717, 1.165) is 5.56 Å². The fourth-order valence-corrected chi connectivity index (χ4v) is 2.37. The fraction of sp³-hybridized carbons (Fsp3) is 0.176. The molecule has 2 heterocycles. The maximum absolute atomic E-state index is 12.4. The zero-order chi connectivity index (χ0) is 19.2. The van der Waals surface area contributed by atoms with Crippen LogP contribution >= 0.6 is 0 Å². The minimum atomic E-state index is -0.496. The van der Waals surface area contributed by atoms with E-state index in [0.29, 0.717) is 5.69 Å². The number of hydrogen-bond acceptors (Lipinski definition) is 8. The van der Waals surface area contributed by atoms with Gasteiger partial charge in [-0.05, 0) is 27.9 Å². The van der Waals surface area contributed by atoms with Gasteiger partial charge in [-0.25, -0.2) is 10.1 Å². The highest BCUT2D eigenvalue weighted by Crippen LogP contribution is 2.22. The van der Waals surface area contributed by atoms with Crippen molar-refractivity contribution < 1.29 is 9.42 Å². The first-order valence-electron chi connectivity index (χ1n) is 8.17. The van der Waals surface area contributed by atoms with Crippen molar-refractivity contribution in [2.75, 3.05) is 5.73 Å². The van der Waals surface area contributed by atoms with Gasteiger partial charge in [-0.2, -0.15) is 9.78 Å². The highest BCUT2D eigenvalue weighted by Gasteiger charge is 2.25. The van der Waals surface area contributed by atoms with Crippen LogP contribution in [0.5, 0.6) is 0 Å². The molecule has 0 saturated carbocycles. The Balaban J connectivity index is 1.73. The van der Waals surface area contributed by atoms with Crippen molar-refractivity contribution in [2.45, 2.75) is 19.8 Å². The number of anilines is 1. The number of nitrogens with one attached hydrogen (secondary N) is 1. The summed E-state index contributed by atoms with van der Waals surface area (Å²) in [6, 6.07) is 9.73. The van der Waals surface area contributed by atoms with Crippen molar-refractivity contribution in [3.8, 4) is 5.82 Å². The molecule has 10 heteroatoms. The number of nitrogens with two attached hydrogens (primary N) is 1. The van der Waals surface area contributed by atoms with E-state index in [2.05, 4.69) is 35.8 Å². The van der Waals surface area contributed by atoms with Crippen molar-refractivity contribution in [3.05, 3.63) is 53.4 Å². The predicted octanol–water partition coefficient (Wildman–Crippen LogP) is 1.78. The minimum absolute atomic E-state index is 0.0535. The molecular weight excluding hydrogens is 348 g/mol. The van der Waals surface area contributed by atoms with Crippen molar-refractivity contribution >= 4 is 24.0 Å². The quantitative estimate of drug-likeness (QED) is 0.501. The Morgan fingerprint density at radius 3 is 2.74 bits per heavy atom. The van der Waals surface area contributed by atoms with Crippen molar-refractivity contribution in [1.29, 1.82) is 0 Å². The summed E-state index contributed by atoms with van der Waals surface area (Å²) in [5, 5.41) is 19.0. The maximum Gasteiger partial charge on any atom is 0.293 e. The molecule has 0 fully saturated rings. The Hall–Kier alpha value is -3.82. The molecule has 10 nitrogen and oxygen atoms in total. The van der Waals surface area contributed by atoms with Crippen LogP contribution in [0.4, 0.5) is 5.82 Å². The molecule has 0 aliphatic rings. The molecule has 0 aliphatic carbocycles. The van der Waals surface area contributed by atoms with Gasteiger partial charge in [-0.3, -0.25) is 4.79 Å². The highest BCUT2D eigenvalue weighted by molar-refractivity contribution is 5.94. The summed E-state index contributed by atoms with van der Waals surface area (Å²) in [7, 11) is 0. The third-order valence-electron chi connectivity index (χ3n) is 3.58. The lowest BCUT2D eigenvalue weighted by atomic mass is 10.1. The van der Waals surface area contributed by atoms with Crippen LogP contribution in [0.2, 0.25) is 0 Å². The summed E-state index contributed by atoms with van der Waals surface area (Å²) in [5.74, 6) is -0.347. The van der Waals surface area contributed by atoms with Gasteiger partial charge < -0.3 is 5.73 Å². The van der Waals surface area contributed by atoms with E-state index >= 15 is 0 Å². The number of carbonyl (C=O) groups is 1. The first kappa shape index (κ1) is 18.0. The second kappa shape index (κ2) is 8.04. The molecule has 0 spiro atoms. The summed E-state index contributed by atoms with van der Waals surface area (Å²) < 4.78 is 5.92. The molecule has 0 saturated heterocycles. The molecule has 0 aliphatic heterocycles. The van der Waals surface area contributed by atoms with Crippen LogP contribution in [0.1, 0.15) is 41.5 Å². The zero-order valence-electron chi connectivity index (χ0n) is 14.8. The Morgan fingerprint density at radius 1 is 1.30 bits per heavy atom. The number of allylic oxidation sites excluding steroid dienone is 1. The van der Waals surface area contributed by atoms with Gasteiger partial charge in [-0.1, -0.05) is 55.5 Å². The smallest absolute Gasteiger partial charge is 0.293 e. The van der Waals surface area contributed by atoms with Gasteiger partial charge >= 0.3 is 0 Å². The SMILES string of the molecule is CC(C)c1c(C(=O)NN=C/C=C/c2ccccc2)nnn1-c1nonc1N. The van der Waals surface area contributed by atoms with E-state index in [9.17, 15) is 4.79 Å². The molecule has 3 aromatic rings. The molecule has 0 atom stereocenters. The van der Waals surface area contributed by atoms with Gasteiger partial charge in [0, 0.05) is 6.21 Å². The molecule has 0 unspecified atom stereocenters. The van der Waals surface area contributed by atoms with Gasteiger partial charge in [0.15, 0.2) is 5.69 Å². The van der Waals surface area contributed by atoms with Gasteiger partial charge in [0.25, 0.3) is 5.91 Å². The first-order valence-corrected chi connectivity index (χ1v) is 8.17. The number of rotatable bonds is 6. The predicted molar refractivity (Wildman–Crippen MR) is 99.2 cm³/mol. The first-order chi connectivity index (χ1) is 13.1. The zero-order valence-corrected chi connectivity index (χ0v) is 14.8. The van der Waals surface area contributed by atoms with Crippen LogP contribution in [-0.4, -0.2) is 37.4 Å². The standard InChI is InChI=1S/C17H18N8O2/c1-11(2)14-13(20-24-25(14)16-15(18)22-27-23-16)17(26)21-19-10-6-9-12-7-4-3-5-8-12/h3-11H,1-2H3,(H2,18,22)(H,21,26)/b9-6+,19-10?. The van der Waals surface area contributed by atoms with E-state index in [1.54, 1.807) is 6.08 Å². The lowest BCUT2D eigenvalue weighted by Gasteiger charge is -2.07. The number of hydrazone groups is 1. The van der Waals surface area contributed by atoms with Gasteiger partial charge in [-0.15, -0.1) is 5.10 Å². The molecule has 0 radical (unpaired) electrons. The molecule has 3 N–H and O–H groups in total. The van der Waals surface area contributed by atoms with Crippen molar-refractivity contribution in [2.24, 2.45) is 5.10 Å². The van der Waals surface area contributed by atoms with Crippen LogP contribution in [0.3, 0.4) is 0 Å². The summed E-state index contributed by atoms with van der Waals surface area (Å²) in [6.07, 6.45) is 5.06. The fourth-order valence-electron chi connectivity index (χ4n) is 2.37. The lowest BCUT2D eigenvalue weighted by Crippen LogP contribution is -2.20. The van der Waals surface area contributed by atoms with Crippen LogP contribution < -0.4 is 11.2 Å². The Morgan fingerprint density at radius 2 is 2.07 bits per heavy atom. The van der Waals surface area contributed by atoms with E-state index in [1.165, 1.54) is 10.9 Å². The number of aromatic nitrogens is 5.